The van der Waals surface area contributed by atoms with E-state index in [1.165, 1.54) is 16.0 Å². The molecular formula is C12H12. The van der Waals surface area contributed by atoms with Crippen LogP contribution in [0.5, 0.6) is 0 Å². The third-order valence-corrected chi connectivity index (χ3v) is 2.25. The van der Waals surface area contributed by atoms with Gasteiger partial charge in [-0.3, -0.25) is 0 Å². The van der Waals surface area contributed by atoms with E-state index in [4.69, 9.17) is 0 Å². The smallest absolute Gasteiger partial charge is 0.00941 e. The van der Waals surface area contributed by atoms with E-state index in [0.717, 1.165) is 12.8 Å². The summed E-state index contributed by atoms with van der Waals surface area (Å²) in [5.41, 5.74) is 1.40. The highest BCUT2D eigenvalue weighted by Crippen LogP contribution is 1.96. The molecule has 0 N–H and O–H groups in total. The van der Waals surface area contributed by atoms with Crippen molar-refractivity contribution in [1.29, 1.82) is 0 Å². The Morgan fingerprint density at radius 1 is 1.33 bits per heavy atom. The van der Waals surface area contributed by atoms with E-state index < -0.39 is 0 Å². The molecule has 0 heteroatoms. The maximum Gasteiger partial charge on any atom is -0.00941 e. The molecule has 1 aliphatic carbocycles. The molecule has 1 aromatic rings. The van der Waals surface area contributed by atoms with Gasteiger partial charge in [0.1, 0.15) is 0 Å². The predicted octanol–water partition coefficient (Wildman–Crippen LogP) is 1.38. The average Bonchev–Trinajstić information content (AvgIpc) is 2.53. The van der Waals surface area contributed by atoms with Crippen LogP contribution in [-0.2, 0) is 6.42 Å². The standard InChI is InChI=1S/C12H12/c1-2-5-10-6-3-7-11-8-4-9-12(10)11/h2-3,6-9H,1,4-5H2. The molecule has 0 amide bonds. The summed E-state index contributed by atoms with van der Waals surface area (Å²) >= 11 is 0. The van der Waals surface area contributed by atoms with Gasteiger partial charge in [0.25, 0.3) is 0 Å². The van der Waals surface area contributed by atoms with Crippen LogP contribution in [0.15, 0.2) is 30.9 Å². The van der Waals surface area contributed by atoms with E-state index in [1.54, 1.807) is 0 Å². The minimum Gasteiger partial charge on any atom is -0.103 e. The summed E-state index contributed by atoms with van der Waals surface area (Å²) in [5.74, 6) is 0. The summed E-state index contributed by atoms with van der Waals surface area (Å²) in [7, 11) is 0. The minimum absolute atomic E-state index is 0.980. The third kappa shape index (κ3) is 1.10. The number of rotatable bonds is 2. The fourth-order valence-electron chi connectivity index (χ4n) is 1.70. The molecule has 0 saturated carbocycles. The molecule has 0 unspecified atom stereocenters. The van der Waals surface area contributed by atoms with Crippen LogP contribution in [0, 0.1) is 0 Å². The highest BCUT2D eigenvalue weighted by atomic mass is 14.0. The highest BCUT2D eigenvalue weighted by Gasteiger charge is 1.97. The quantitative estimate of drug-likeness (QED) is 0.567. The molecule has 60 valence electrons. The molecule has 0 atom stereocenters. The van der Waals surface area contributed by atoms with Gasteiger partial charge in [-0.05, 0) is 28.8 Å². The van der Waals surface area contributed by atoms with Crippen LogP contribution < -0.4 is 10.4 Å². The molecule has 0 spiro atoms. The molecule has 0 fully saturated rings. The van der Waals surface area contributed by atoms with Crippen LogP contribution in [0.3, 0.4) is 0 Å². The van der Waals surface area contributed by atoms with Crippen molar-refractivity contribution < 1.29 is 0 Å². The molecule has 0 aromatic heterocycles. The van der Waals surface area contributed by atoms with Crippen molar-refractivity contribution >= 4 is 12.2 Å². The Balaban J connectivity index is 2.66. The number of hydrogen-bond donors (Lipinski definition) is 0. The van der Waals surface area contributed by atoms with Crippen LogP contribution in [0.1, 0.15) is 12.0 Å². The van der Waals surface area contributed by atoms with Gasteiger partial charge in [0.2, 0.25) is 0 Å². The van der Waals surface area contributed by atoms with Gasteiger partial charge in [-0.25, -0.2) is 0 Å². The predicted molar refractivity (Wildman–Crippen MR) is 53.1 cm³/mol. The van der Waals surface area contributed by atoms with Crippen LogP contribution in [-0.4, -0.2) is 0 Å². The summed E-state index contributed by atoms with van der Waals surface area (Å²) in [4.78, 5) is 0. The molecule has 0 saturated heterocycles. The van der Waals surface area contributed by atoms with Gasteiger partial charge in [0.15, 0.2) is 0 Å². The fraction of sp³-hybridized carbons (Fsp3) is 0.167. The molecule has 0 radical (unpaired) electrons. The molecular weight excluding hydrogens is 144 g/mol. The van der Waals surface area contributed by atoms with Gasteiger partial charge in [0, 0.05) is 0 Å². The minimum atomic E-state index is 0.980. The monoisotopic (exact) mass is 156 g/mol. The lowest BCUT2D eigenvalue weighted by molar-refractivity contribution is 1.23. The maximum atomic E-state index is 3.76. The van der Waals surface area contributed by atoms with Crippen molar-refractivity contribution in [1.82, 2.24) is 0 Å². The van der Waals surface area contributed by atoms with E-state index in [2.05, 4.69) is 36.9 Å². The van der Waals surface area contributed by atoms with Gasteiger partial charge in [0.05, 0.1) is 0 Å². The van der Waals surface area contributed by atoms with Gasteiger partial charge in [-0.2, -0.15) is 0 Å². The van der Waals surface area contributed by atoms with E-state index in [0.29, 0.717) is 0 Å². The summed E-state index contributed by atoms with van der Waals surface area (Å²) in [6, 6.07) is 6.47. The Kier molecular flexibility index (Phi) is 1.83. The van der Waals surface area contributed by atoms with Crippen molar-refractivity contribution in [3.63, 3.8) is 0 Å². The second kappa shape index (κ2) is 2.98. The van der Waals surface area contributed by atoms with Crippen molar-refractivity contribution in [2.75, 3.05) is 0 Å². The lowest BCUT2D eigenvalue weighted by atomic mass is 10.1. The van der Waals surface area contributed by atoms with Gasteiger partial charge >= 0.3 is 0 Å². The second-order valence-corrected chi connectivity index (χ2v) is 3.06. The Labute approximate surface area is 72.5 Å². The molecule has 0 heterocycles. The largest absolute Gasteiger partial charge is 0.103 e. The topological polar surface area (TPSA) is 0 Å². The van der Waals surface area contributed by atoms with E-state index in [9.17, 15) is 0 Å². The van der Waals surface area contributed by atoms with Crippen molar-refractivity contribution in [2.45, 2.75) is 12.8 Å². The third-order valence-electron chi connectivity index (χ3n) is 2.25. The average molecular weight is 156 g/mol. The summed E-state index contributed by atoms with van der Waals surface area (Å²) < 4.78 is 0. The molecule has 2 rings (SSSR count). The maximum absolute atomic E-state index is 3.76. The highest BCUT2D eigenvalue weighted by molar-refractivity contribution is 5.48. The van der Waals surface area contributed by atoms with E-state index in [1.807, 2.05) is 6.08 Å². The first-order valence-corrected chi connectivity index (χ1v) is 4.31. The van der Waals surface area contributed by atoms with Crippen LogP contribution in [0.4, 0.5) is 0 Å². The van der Waals surface area contributed by atoms with Crippen LogP contribution >= 0.6 is 0 Å². The van der Waals surface area contributed by atoms with Gasteiger partial charge < -0.3 is 0 Å². The Morgan fingerprint density at radius 2 is 2.25 bits per heavy atom. The summed E-state index contributed by atoms with van der Waals surface area (Å²) in [6.07, 6.45) is 8.58. The SMILES string of the molecule is C=CCc1cccc2c1=CCC=2. The molecule has 1 aliphatic rings. The Bertz CT molecular complexity index is 410. The fourth-order valence-corrected chi connectivity index (χ4v) is 1.70. The molecule has 0 aliphatic heterocycles. The zero-order valence-electron chi connectivity index (χ0n) is 7.09. The number of benzene rings is 1. The van der Waals surface area contributed by atoms with Gasteiger partial charge in [-0.1, -0.05) is 36.4 Å². The van der Waals surface area contributed by atoms with Crippen molar-refractivity contribution in [3.8, 4) is 0 Å². The summed E-state index contributed by atoms with van der Waals surface area (Å²) in [6.45, 7) is 3.76. The number of hydrogen-bond acceptors (Lipinski definition) is 0. The zero-order chi connectivity index (χ0) is 8.39. The lowest BCUT2D eigenvalue weighted by Gasteiger charge is -1.96. The molecule has 0 nitrogen and oxygen atoms in total. The normalized spacial score (nSPS) is 13.0. The number of allylic oxidation sites excluding steroid dienone is 1. The lowest BCUT2D eigenvalue weighted by Crippen LogP contribution is -2.24. The zero-order valence-corrected chi connectivity index (χ0v) is 7.09. The van der Waals surface area contributed by atoms with Crippen LogP contribution in [0.25, 0.3) is 12.2 Å². The molecule has 1 aromatic carbocycles. The second-order valence-electron chi connectivity index (χ2n) is 3.06. The Hall–Kier alpha value is -1.30. The van der Waals surface area contributed by atoms with Crippen molar-refractivity contribution in [2.24, 2.45) is 0 Å². The first kappa shape index (κ1) is 7.35. The first-order valence-electron chi connectivity index (χ1n) is 4.31. The van der Waals surface area contributed by atoms with E-state index >= 15 is 0 Å². The molecule has 12 heavy (non-hydrogen) atoms. The number of fused-ring (bicyclic) bond motifs is 1. The van der Waals surface area contributed by atoms with E-state index in [-0.39, 0.29) is 0 Å². The Morgan fingerprint density at radius 3 is 3.08 bits per heavy atom. The molecule has 0 bridgehead atoms. The van der Waals surface area contributed by atoms with Crippen LogP contribution in [0.2, 0.25) is 0 Å². The van der Waals surface area contributed by atoms with Gasteiger partial charge in [-0.15, -0.1) is 6.58 Å². The first-order chi connectivity index (χ1) is 5.92. The summed E-state index contributed by atoms with van der Waals surface area (Å²) in [5, 5.41) is 2.80. The van der Waals surface area contributed by atoms with Crippen molar-refractivity contribution in [3.05, 3.63) is 46.9 Å².